The Kier molecular flexibility index (Phi) is 8.60. The highest BCUT2D eigenvalue weighted by Gasteiger charge is 2.17. The molecule has 0 aliphatic rings. The van der Waals surface area contributed by atoms with Crippen molar-refractivity contribution in [2.75, 3.05) is 39.3 Å². The first-order valence-electron chi connectivity index (χ1n) is 8.66. The first kappa shape index (κ1) is 23.6. The Morgan fingerprint density at radius 1 is 1.10 bits per heavy atom. The molecule has 0 aliphatic heterocycles. The van der Waals surface area contributed by atoms with Crippen molar-refractivity contribution in [2.45, 2.75) is 4.90 Å². The molecule has 0 saturated carbocycles. The van der Waals surface area contributed by atoms with E-state index in [4.69, 9.17) is 21.1 Å². The molecule has 0 bridgehead atoms. The number of halogens is 1. The minimum absolute atomic E-state index is 0.0207. The largest absolute Gasteiger partial charge is 0.482 e. The summed E-state index contributed by atoms with van der Waals surface area (Å²) in [6.45, 7) is -0.0717. The summed E-state index contributed by atoms with van der Waals surface area (Å²) in [5.74, 6) is -1.00. The highest BCUT2D eigenvalue weighted by Crippen LogP contribution is 2.27. The molecule has 0 saturated heterocycles. The Hall–Kier alpha value is -2.66. The molecular formula is C19H21ClN2O7S. The molecule has 0 radical (unpaired) electrons. The van der Waals surface area contributed by atoms with Crippen LogP contribution in [0.25, 0.3) is 0 Å². The number of benzene rings is 2. The number of esters is 1. The highest BCUT2D eigenvalue weighted by molar-refractivity contribution is 7.89. The van der Waals surface area contributed by atoms with E-state index in [0.717, 1.165) is 0 Å². The SMILES string of the molecule is COCCNS(=O)(=O)c1ccc(OCC(=O)Nc2ccccc2C(=O)OC)c(Cl)c1. The Balaban J connectivity index is 2.01. The summed E-state index contributed by atoms with van der Waals surface area (Å²) >= 11 is 6.09. The van der Waals surface area contributed by atoms with Crippen molar-refractivity contribution in [3.05, 3.63) is 53.1 Å². The predicted molar refractivity (Wildman–Crippen MR) is 110 cm³/mol. The van der Waals surface area contributed by atoms with Crippen LogP contribution in [0.1, 0.15) is 10.4 Å². The maximum atomic E-state index is 12.2. The minimum Gasteiger partial charge on any atom is -0.482 e. The van der Waals surface area contributed by atoms with Gasteiger partial charge in [-0.3, -0.25) is 4.79 Å². The van der Waals surface area contributed by atoms with E-state index in [9.17, 15) is 18.0 Å². The maximum absolute atomic E-state index is 12.2. The normalized spacial score (nSPS) is 11.0. The number of sulfonamides is 1. The molecule has 2 aromatic carbocycles. The fourth-order valence-electron chi connectivity index (χ4n) is 2.34. The lowest BCUT2D eigenvalue weighted by atomic mass is 10.2. The molecule has 11 heteroatoms. The van der Waals surface area contributed by atoms with Crippen LogP contribution < -0.4 is 14.8 Å². The Morgan fingerprint density at radius 2 is 1.83 bits per heavy atom. The maximum Gasteiger partial charge on any atom is 0.339 e. The van der Waals surface area contributed by atoms with E-state index < -0.39 is 28.5 Å². The Morgan fingerprint density at radius 3 is 2.50 bits per heavy atom. The summed E-state index contributed by atoms with van der Waals surface area (Å²) in [6.07, 6.45) is 0. The molecule has 0 aromatic heterocycles. The molecule has 0 heterocycles. The van der Waals surface area contributed by atoms with Gasteiger partial charge in [0.1, 0.15) is 5.75 Å². The van der Waals surface area contributed by atoms with Crippen molar-refractivity contribution >= 4 is 39.2 Å². The molecule has 0 aliphatic carbocycles. The van der Waals surface area contributed by atoms with E-state index in [1.54, 1.807) is 18.2 Å². The van der Waals surface area contributed by atoms with Gasteiger partial charge in [0.15, 0.2) is 6.61 Å². The van der Waals surface area contributed by atoms with Gasteiger partial charge in [-0.15, -0.1) is 0 Å². The van der Waals surface area contributed by atoms with E-state index in [1.807, 2.05) is 0 Å². The molecule has 2 N–H and O–H groups in total. The zero-order valence-corrected chi connectivity index (χ0v) is 17.9. The van der Waals surface area contributed by atoms with Crippen LogP contribution in [0.5, 0.6) is 5.75 Å². The zero-order valence-electron chi connectivity index (χ0n) is 16.3. The lowest BCUT2D eigenvalue weighted by molar-refractivity contribution is -0.118. The van der Waals surface area contributed by atoms with E-state index in [1.165, 1.54) is 38.5 Å². The molecule has 30 heavy (non-hydrogen) atoms. The van der Waals surface area contributed by atoms with Gasteiger partial charge in [0, 0.05) is 13.7 Å². The Labute approximate surface area is 179 Å². The van der Waals surface area contributed by atoms with Gasteiger partial charge in [0.2, 0.25) is 10.0 Å². The van der Waals surface area contributed by atoms with Crippen molar-refractivity contribution in [3.8, 4) is 5.75 Å². The number of carbonyl (C=O) groups excluding carboxylic acids is 2. The second-order valence-corrected chi connectivity index (χ2v) is 8.03. The molecule has 0 spiro atoms. The molecular weight excluding hydrogens is 436 g/mol. The molecule has 0 fully saturated rings. The number of rotatable bonds is 10. The quantitative estimate of drug-likeness (QED) is 0.414. The predicted octanol–water partition coefficient (Wildman–Crippen LogP) is 2.07. The molecule has 1 amide bonds. The van der Waals surface area contributed by atoms with Crippen molar-refractivity contribution in [1.29, 1.82) is 0 Å². The van der Waals surface area contributed by atoms with Crippen LogP contribution in [0, 0.1) is 0 Å². The van der Waals surface area contributed by atoms with Crippen molar-refractivity contribution in [1.82, 2.24) is 4.72 Å². The molecule has 9 nitrogen and oxygen atoms in total. The van der Waals surface area contributed by atoms with Gasteiger partial charge in [0.05, 0.1) is 34.9 Å². The van der Waals surface area contributed by atoms with Crippen LogP contribution in [0.15, 0.2) is 47.4 Å². The standard InChI is InChI=1S/C19H21ClN2O7S/c1-27-10-9-21-30(25,26)13-7-8-17(15(20)11-13)29-12-18(23)22-16-6-4-3-5-14(16)19(24)28-2/h3-8,11,21H,9-10,12H2,1-2H3,(H,22,23). The summed E-state index contributed by atoms with van der Waals surface area (Å²) in [5, 5.41) is 2.57. The van der Waals surface area contributed by atoms with E-state index in [0.29, 0.717) is 0 Å². The number of para-hydroxylation sites is 1. The van der Waals surface area contributed by atoms with Gasteiger partial charge < -0.3 is 19.5 Å². The molecule has 2 aromatic rings. The smallest absolute Gasteiger partial charge is 0.339 e. The second-order valence-electron chi connectivity index (χ2n) is 5.86. The number of carbonyl (C=O) groups is 2. The number of ether oxygens (including phenoxy) is 3. The third-order valence-electron chi connectivity index (χ3n) is 3.78. The second kappa shape index (κ2) is 10.9. The van der Waals surface area contributed by atoms with Gasteiger partial charge in [-0.2, -0.15) is 0 Å². The van der Waals surface area contributed by atoms with Gasteiger partial charge in [0.25, 0.3) is 5.91 Å². The Bertz CT molecular complexity index is 1010. The monoisotopic (exact) mass is 456 g/mol. The number of nitrogens with one attached hydrogen (secondary N) is 2. The molecule has 0 unspecified atom stereocenters. The third kappa shape index (κ3) is 6.42. The van der Waals surface area contributed by atoms with Gasteiger partial charge in [-0.25, -0.2) is 17.9 Å². The van der Waals surface area contributed by atoms with Gasteiger partial charge >= 0.3 is 5.97 Å². The van der Waals surface area contributed by atoms with Crippen LogP contribution in [-0.4, -0.2) is 54.3 Å². The van der Waals surface area contributed by atoms with E-state index in [-0.39, 0.29) is 40.1 Å². The summed E-state index contributed by atoms with van der Waals surface area (Å²) < 4.78 is 41.6. The zero-order chi connectivity index (χ0) is 22.1. The minimum atomic E-state index is -3.75. The fraction of sp³-hybridized carbons (Fsp3) is 0.263. The summed E-state index contributed by atoms with van der Waals surface area (Å²) in [7, 11) is -1.05. The van der Waals surface area contributed by atoms with Crippen LogP contribution in [0.4, 0.5) is 5.69 Å². The van der Waals surface area contributed by atoms with E-state index >= 15 is 0 Å². The first-order valence-corrected chi connectivity index (χ1v) is 10.5. The summed E-state index contributed by atoms with van der Waals surface area (Å²) in [5.41, 5.74) is 0.467. The topological polar surface area (TPSA) is 120 Å². The molecule has 162 valence electrons. The molecule has 0 atom stereocenters. The van der Waals surface area contributed by atoms with Crippen LogP contribution >= 0.6 is 11.6 Å². The lowest BCUT2D eigenvalue weighted by Crippen LogP contribution is -2.27. The number of anilines is 1. The average molecular weight is 457 g/mol. The summed E-state index contributed by atoms with van der Waals surface area (Å²) in [6, 6.07) is 10.2. The van der Waals surface area contributed by atoms with E-state index in [2.05, 4.69) is 14.8 Å². The summed E-state index contributed by atoms with van der Waals surface area (Å²) in [4.78, 5) is 23.9. The van der Waals surface area contributed by atoms with Crippen molar-refractivity contribution < 1.29 is 32.2 Å². The van der Waals surface area contributed by atoms with Crippen LogP contribution in [0.3, 0.4) is 0 Å². The fourth-order valence-corrected chi connectivity index (χ4v) is 3.68. The van der Waals surface area contributed by atoms with Crippen molar-refractivity contribution in [3.63, 3.8) is 0 Å². The number of amides is 1. The number of hydrogen-bond donors (Lipinski definition) is 2. The number of hydrogen-bond acceptors (Lipinski definition) is 7. The van der Waals surface area contributed by atoms with Crippen LogP contribution in [0.2, 0.25) is 5.02 Å². The molecule has 2 rings (SSSR count). The van der Waals surface area contributed by atoms with Gasteiger partial charge in [-0.05, 0) is 30.3 Å². The first-order chi connectivity index (χ1) is 14.3. The third-order valence-corrected chi connectivity index (χ3v) is 5.53. The lowest BCUT2D eigenvalue weighted by Gasteiger charge is -2.12. The number of methoxy groups -OCH3 is 2. The highest BCUT2D eigenvalue weighted by atomic mass is 35.5. The van der Waals surface area contributed by atoms with Gasteiger partial charge in [-0.1, -0.05) is 23.7 Å². The average Bonchev–Trinajstić information content (AvgIpc) is 2.72. The van der Waals surface area contributed by atoms with Crippen molar-refractivity contribution in [2.24, 2.45) is 0 Å². The van der Waals surface area contributed by atoms with Crippen LogP contribution in [-0.2, 0) is 24.3 Å².